The molecule has 3 aromatic rings. The minimum absolute atomic E-state index is 0.00699. The van der Waals surface area contributed by atoms with Gasteiger partial charge in [-0.1, -0.05) is 6.07 Å². The third-order valence-corrected chi connectivity index (χ3v) is 3.75. The molecule has 0 aliphatic carbocycles. The largest absolute Gasteiger partial charge is 0.504 e. The summed E-state index contributed by atoms with van der Waals surface area (Å²) in [4.78, 5) is 22.0. The zero-order valence-corrected chi connectivity index (χ0v) is 15.1. The Balaban J connectivity index is 1.57. The van der Waals surface area contributed by atoms with Crippen molar-refractivity contribution in [2.75, 3.05) is 7.11 Å². The Labute approximate surface area is 164 Å². The average molecular weight is 397 g/mol. The number of nitro benzene ring substituents is 1. The average Bonchev–Trinajstić information content (AvgIpc) is 3.20. The van der Waals surface area contributed by atoms with Crippen LogP contribution in [-0.4, -0.2) is 33.3 Å². The number of nitro groups is 1. The van der Waals surface area contributed by atoms with Crippen molar-refractivity contribution in [1.29, 1.82) is 0 Å². The molecule has 1 aromatic heterocycles. The van der Waals surface area contributed by atoms with E-state index >= 15 is 0 Å². The molecule has 29 heavy (non-hydrogen) atoms. The van der Waals surface area contributed by atoms with E-state index in [0.717, 1.165) is 0 Å². The van der Waals surface area contributed by atoms with Crippen LogP contribution in [-0.2, 0) is 16.1 Å². The Morgan fingerprint density at radius 1 is 1.24 bits per heavy atom. The molecule has 0 fully saturated rings. The summed E-state index contributed by atoms with van der Waals surface area (Å²) in [6, 6.07) is 10.2. The number of esters is 1. The van der Waals surface area contributed by atoms with Crippen LogP contribution >= 0.6 is 0 Å². The van der Waals surface area contributed by atoms with Gasteiger partial charge in [-0.15, -0.1) is 10.2 Å². The van der Waals surface area contributed by atoms with Gasteiger partial charge in [0.1, 0.15) is 0 Å². The quantitative estimate of drug-likeness (QED) is 0.276. The molecular weight excluding hydrogens is 382 g/mol. The number of ether oxygens (including phenoxy) is 2. The van der Waals surface area contributed by atoms with Crippen LogP contribution in [0, 0.1) is 10.1 Å². The normalized spacial score (nSPS) is 10.8. The molecule has 0 unspecified atom stereocenters. The molecular formula is C19H15N3O7. The molecule has 0 atom stereocenters. The van der Waals surface area contributed by atoms with E-state index in [4.69, 9.17) is 13.9 Å². The number of hydrogen-bond donors (Lipinski definition) is 1. The van der Waals surface area contributed by atoms with Crippen LogP contribution in [0.15, 0.2) is 53.0 Å². The SMILES string of the molecule is COc1cc(/C=C/C(=O)OCc2nnc(-c3ccc([N+](=O)[O-])cc3)o2)ccc1O. The van der Waals surface area contributed by atoms with E-state index in [-0.39, 0.29) is 35.6 Å². The van der Waals surface area contributed by atoms with E-state index in [9.17, 15) is 20.0 Å². The number of carbonyl (C=O) groups is 1. The first-order valence-corrected chi connectivity index (χ1v) is 8.25. The highest BCUT2D eigenvalue weighted by atomic mass is 16.6. The van der Waals surface area contributed by atoms with Crippen molar-refractivity contribution < 1.29 is 28.7 Å². The molecule has 2 aromatic carbocycles. The van der Waals surface area contributed by atoms with E-state index in [1.807, 2.05) is 0 Å². The third-order valence-electron chi connectivity index (χ3n) is 3.75. The summed E-state index contributed by atoms with van der Waals surface area (Å²) in [5.41, 5.74) is 1.08. The lowest BCUT2D eigenvalue weighted by atomic mass is 10.2. The highest BCUT2D eigenvalue weighted by molar-refractivity contribution is 5.87. The minimum atomic E-state index is -0.632. The Morgan fingerprint density at radius 3 is 2.69 bits per heavy atom. The first kappa shape index (κ1) is 19.5. The van der Waals surface area contributed by atoms with Crippen LogP contribution in [0.4, 0.5) is 5.69 Å². The van der Waals surface area contributed by atoms with E-state index in [0.29, 0.717) is 11.1 Å². The number of rotatable bonds is 7. The lowest BCUT2D eigenvalue weighted by molar-refractivity contribution is -0.384. The zero-order valence-electron chi connectivity index (χ0n) is 15.1. The second-order valence-electron chi connectivity index (χ2n) is 5.68. The number of methoxy groups -OCH3 is 1. The van der Waals surface area contributed by atoms with Crippen molar-refractivity contribution in [3.8, 4) is 23.0 Å². The molecule has 0 saturated carbocycles. The Hall–Kier alpha value is -4.21. The molecule has 1 heterocycles. The second kappa shape index (κ2) is 8.65. The molecule has 148 valence electrons. The molecule has 0 aliphatic rings. The fraction of sp³-hybridized carbons (Fsp3) is 0.105. The predicted molar refractivity (Wildman–Crippen MR) is 99.9 cm³/mol. The maximum Gasteiger partial charge on any atom is 0.331 e. The summed E-state index contributed by atoms with van der Waals surface area (Å²) in [5.74, 6) is -0.131. The van der Waals surface area contributed by atoms with Gasteiger partial charge in [0, 0.05) is 23.8 Å². The van der Waals surface area contributed by atoms with Gasteiger partial charge in [-0.2, -0.15) is 0 Å². The number of phenolic OH excluding ortho intramolecular Hbond substituents is 1. The Morgan fingerprint density at radius 2 is 2.00 bits per heavy atom. The summed E-state index contributed by atoms with van der Waals surface area (Å²) < 4.78 is 15.4. The van der Waals surface area contributed by atoms with Crippen molar-refractivity contribution in [3.05, 3.63) is 70.1 Å². The van der Waals surface area contributed by atoms with Gasteiger partial charge in [0.15, 0.2) is 18.1 Å². The smallest absolute Gasteiger partial charge is 0.331 e. The van der Waals surface area contributed by atoms with E-state index in [1.54, 1.807) is 12.1 Å². The van der Waals surface area contributed by atoms with Gasteiger partial charge in [0.05, 0.1) is 12.0 Å². The number of nitrogens with zero attached hydrogens (tertiary/aromatic N) is 3. The van der Waals surface area contributed by atoms with Crippen LogP contribution in [0.3, 0.4) is 0 Å². The van der Waals surface area contributed by atoms with Crippen molar-refractivity contribution in [2.24, 2.45) is 0 Å². The van der Waals surface area contributed by atoms with Gasteiger partial charge < -0.3 is 19.0 Å². The van der Waals surface area contributed by atoms with Gasteiger partial charge in [0.2, 0.25) is 5.89 Å². The monoisotopic (exact) mass is 397 g/mol. The summed E-state index contributed by atoms with van der Waals surface area (Å²) >= 11 is 0. The molecule has 1 N–H and O–H groups in total. The molecule has 0 radical (unpaired) electrons. The molecule has 0 aliphatic heterocycles. The predicted octanol–water partition coefficient (Wildman–Crippen LogP) is 3.12. The number of non-ortho nitro benzene ring substituents is 1. The summed E-state index contributed by atoms with van der Waals surface area (Å²) in [5, 5.41) is 27.8. The summed E-state index contributed by atoms with van der Waals surface area (Å²) in [6.07, 6.45) is 2.71. The zero-order chi connectivity index (χ0) is 20.8. The highest BCUT2D eigenvalue weighted by Crippen LogP contribution is 2.26. The molecule has 10 heteroatoms. The molecule has 0 saturated heterocycles. The topological polar surface area (TPSA) is 138 Å². The van der Waals surface area contributed by atoms with Gasteiger partial charge in [-0.3, -0.25) is 10.1 Å². The van der Waals surface area contributed by atoms with E-state index in [2.05, 4.69) is 10.2 Å². The number of aromatic hydroxyl groups is 1. The van der Waals surface area contributed by atoms with E-state index in [1.165, 1.54) is 49.6 Å². The fourth-order valence-corrected chi connectivity index (χ4v) is 2.30. The lowest BCUT2D eigenvalue weighted by Gasteiger charge is -2.03. The van der Waals surface area contributed by atoms with E-state index < -0.39 is 10.9 Å². The van der Waals surface area contributed by atoms with Gasteiger partial charge in [-0.05, 0) is 35.9 Å². The first-order valence-electron chi connectivity index (χ1n) is 8.25. The Kier molecular flexibility index (Phi) is 5.83. The van der Waals surface area contributed by atoms with Crippen molar-refractivity contribution in [3.63, 3.8) is 0 Å². The van der Waals surface area contributed by atoms with Crippen LogP contribution in [0.5, 0.6) is 11.5 Å². The van der Waals surface area contributed by atoms with Gasteiger partial charge in [-0.25, -0.2) is 4.79 Å². The minimum Gasteiger partial charge on any atom is -0.504 e. The summed E-state index contributed by atoms with van der Waals surface area (Å²) in [7, 11) is 1.42. The van der Waals surface area contributed by atoms with Crippen LogP contribution in [0.2, 0.25) is 0 Å². The first-order chi connectivity index (χ1) is 14.0. The fourth-order valence-electron chi connectivity index (χ4n) is 2.30. The Bertz CT molecular complexity index is 1060. The molecule has 0 spiro atoms. The molecule has 3 rings (SSSR count). The standard InChI is InChI=1S/C19H15N3O7/c1-27-16-10-12(2-8-15(16)23)3-9-18(24)28-11-17-20-21-19(29-17)13-4-6-14(7-5-13)22(25)26/h2-10,23H,11H2,1H3/b9-3+. The van der Waals surface area contributed by atoms with Crippen LogP contribution in [0.25, 0.3) is 17.5 Å². The third kappa shape index (κ3) is 4.95. The molecule has 10 nitrogen and oxygen atoms in total. The maximum atomic E-state index is 11.8. The number of phenols is 1. The van der Waals surface area contributed by atoms with Gasteiger partial charge >= 0.3 is 5.97 Å². The number of carbonyl (C=O) groups excluding carboxylic acids is 1. The van der Waals surface area contributed by atoms with Crippen molar-refractivity contribution in [2.45, 2.75) is 6.61 Å². The molecule has 0 amide bonds. The van der Waals surface area contributed by atoms with Crippen molar-refractivity contribution >= 4 is 17.7 Å². The van der Waals surface area contributed by atoms with Crippen LogP contribution < -0.4 is 4.74 Å². The summed E-state index contributed by atoms with van der Waals surface area (Å²) in [6.45, 7) is -0.234. The van der Waals surface area contributed by atoms with Gasteiger partial charge in [0.25, 0.3) is 11.6 Å². The van der Waals surface area contributed by atoms with Crippen LogP contribution in [0.1, 0.15) is 11.5 Å². The number of aromatic nitrogens is 2. The highest BCUT2D eigenvalue weighted by Gasteiger charge is 2.12. The maximum absolute atomic E-state index is 11.8. The number of hydrogen-bond acceptors (Lipinski definition) is 9. The van der Waals surface area contributed by atoms with Crippen molar-refractivity contribution in [1.82, 2.24) is 10.2 Å². The second-order valence-corrected chi connectivity index (χ2v) is 5.68. The number of benzene rings is 2. The molecule has 0 bridgehead atoms. The lowest BCUT2D eigenvalue weighted by Crippen LogP contribution is -2.00.